The minimum absolute atomic E-state index is 0.0178. The number of carbonyl (C=O) groups excluding carboxylic acids is 2. The summed E-state index contributed by atoms with van der Waals surface area (Å²) in [6.07, 6.45) is 0.761. The topological polar surface area (TPSA) is 83.6 Å². The molecule has 0 aliphatic carbocycles. The van der Waals surface area contributed by atoms with Gasteiger partial charge in [0.1, 0.15) is 0 Å². The van der Waals surface area contributed by atoms with Crippen molar-refractivity contribution in [1.82, 2.24) is 10.2 Å². The average Bonchev–Trinajstić information content (AvgIpc) is 2.85. The van der Waals surface area contributed by atoms with Gasteiger partial charge in [-0.15, -0.1) is 0 Å². The van der Waals surface area contributed by atoms with Crippen molar-refractivity contribution >= 4 is 21.7 Å². The summed E-state index contributed by atoms with van der Waals surface area (Å²) in [5, 5.41) is 2.79. The molecule has 2 amide bonds. The van der Waals surface area contributed by atoms with E-state index in [-0.39, 0.29) is 35.8 Å². The summed E-state index contributed by atoms with van der Waals surface area (Å²) in [6.45, 7) is 4.07. The molecule has 1 fully saturated rings. The molecular weight excluding hydrogens is 328 g/mol. The number of aryl methyl sites for hydroxylation is 1. The lowest BCUT2D eigenvalue weighted by Gasteiger charge is -2.27. The molecule has 0 radical (unpaired) electrons. The fourth-order valence-corrected chi connectivity index (χ4v) is 4.62. The van der Waals surface area contributed by atoms with Gasteiger partial charge in [-0.2, -0.15) is 0 Å². The van der Waals surface area contributed by atoms with Crippen molar-refractivity contribution in [2.45, 2.75) is 32.7 Å². The van der Waals surface area contributed by atoms with Crippen molar-refractivity contribution in [2.75, 3.05) is 24.6 Å². The maximum atomic E-state index is 12.0. The van der Waals surface area contributed by atoms with Crippen molar-refractivity contribution in [2.24, 2.45) is 0 Å². The molecule has 0 saturated carbocycles. The summed E-state index contributed by atoms with van der Waals surface area (Å²) in [6, 6.07) is 7.48. The van der Waals surface area contributed by atoms with Crippen LogP contribution in [-0.4, -0.2) is 55.8 Å². The molecule has 1 N–H and O–H groups in total. The van der Waals surface area contributed by atoms with Crippen LogP contribution in [0.25, 0.3) is 0 Å². The van der Waals surface area contributed by atoms with E-state index in [4.69, 9.17) is 0 Å². The Morgan fingerprint density at radius 2 is 1.92 bits per heavy atom. The number of hydrogen-bond acceptors (Lipinski definition) is 4. The molecule has 1 saturated heterocycles. The van der Waals surface area contributed by atoms with Crippen LogP contribution in [0.15, 0.2) is 24.3 Å². The molecule has 1 aliphatic rings. The lowest BCUT2D eigenvalue weighted by atomic mass is 10.1. The van der Waals surface area contributed by atoms with Gasteiger partial charge in [-0.25, -0.2) is 8.42 Å². The average molecular weight is 352 g/mol. The fraction of sp³-hybridized carbons (Fsp3) is 0.529. The maximum absolute atomic E-state index is 12.0. The molecular formula is C17H24N2O4S. The standard InChI is InChI=1S/C17H24N2O4S/c1-13-3-5-15(6-4-13)11-17(21)18-8-9-19(14(2)20)16-7-10-24(22,23)12-16/h3-6,16H,7-12H2,1-2H3,(H,18,21). The third-order valence-corrected chi connectivity index (χ3v) is 5.96. The van der Waals surface area contributed by atoms with Crippen molar-refractivity contribution in [3.8, 4) is 0 Å². The molecule has 1 heterocycles. The predicted molar refractivity (Wildman–Crippen MR) is 92.3 cm³/mol. The lowest BCUT2D eigenvalue weighted by molar-refractivity contribution is -0.131. The molecule has 1 aliphatic heterocycles. The van der Waals surface area contributed by atoms with Gasteiger partial charge in [0.15, 0.2) is 9.84 Å². The number of carbonyl (C=O) groups is 2. The zero-order valence-corrected chi connectivity index (χ0v) is 14.9. The SMILES string of the molecule is CC(=O)N(CCNC(=O)Cc1ccc(C)cc1)C1CCS(=O)(=O)C1. The molecule has 1 aromatic rings. The highest BCUT2D eigenvalue weighted by Gasteiger charge is 2.33. The quantitative estimate of drug-likeness (QED) is 0.816. The summed E-state index contributed by atoms with van der Waals surface area (Å²) < 4.78 is 23.1. The first-order valence-corrected chi connectivity index (χ1v) is 9.89. The first-order chi connectivity index (χ1) is 11.3. The van der Waals surface area contributed by atoms with E-state index in [0.717, 1.165) is 11.1 Å². The Morgan fingerprint density at radius 3 is 2.46 bits per heavy atom. The number of hydrogen-bond donors (Lipinski definition) is 1. The summed E-state index contributed by atoms with van der Waals surface area (Å²) in [7, 11) is -3.04. The van der Waals surface area contributed by atoms with Crippen LogP contribution in [0.2, 0.25) is 0 Å². The third kappa shape index (κ3) is 5.33. The van der Waals surface area contributed by atoms with Crippen LogP contribution in [-0.2, 0) is 25.8 Å². The highest BCUT2D eigenvalue weighted by molar-refractivity contribution is 7.91. The van der Waals surface area contributed by atoms with Gasteiger partial charge in [0.25, 0.3) is 0 Å². The smallest absolute Gasteiger partial charge is 0.224 e. The molecule has 6 nitrogen and oxygen atoms in total. The monoisotopic (exact) mass is 352 g/mol. The van der Waals surface area contributed by atoms with Crippen LogP contribution >= 0.6 is 0 Å². The molecule has 1 aromatic carbocycles. The normalized spacial score (nSPS) is 19.0. The van der Waals surface area contributed by atoms with Crippen molar-refractivity contribution in [1.29, 1.82) is 0 Å². The molecule has 0 aromatic heterocycles. The predicted octanol–water partition coefficient (Wildman–Crippen LogP) is 0.689. The second kappa shape index (κ2) is 7.79. The van der Waals surface area contributed by atoms with Gasteiger partial charge in [-0.3, -0.25) is 9.59 Å². The van der Waals surface area contributed by atoms with Crippen molar-refractivity contribution in [3.63, 3.8) is 0 Å². The molecule has 2 rings (SSSR count). The Balaban J connectivity index is 1.81. The molecule has 1 atom stereocenters. The highest BCUT2D eigenvalue weighted by Crippen LogP contribution is 2.17. The minimum atomic E-state index is -3.04. The molecule has 1 unspecified atom stereocenters. The molecule has 0 spiro atoms. The van der Waals surface area contributed by atoms with Crippen molar-refractivity contribution < 1.29 is 18.0 Å². The number of sulfone groups is 1. The number of nitrogens with zero attached hydrogens (tertiary/aromatic N) is 1. The Bertz CT molecular complexity index is 698. The summed E-state index contributed by atoms with van der Waals surface area (Å²) in [5.74, 6) is -0.128. The van der Waals surface area contributed by atoms with Crippen LogP contribution < -0.4 is 5.32 Å². The Kier molecular flexibility index (Phi) is 5.99. The second-order valence-corrected chi connectivity index (χ2v) is 8.51. The number of nitrogens with one attached hydrogen (secondary N) is 1. The molecule has 24 heavy (non-hydrogen) atoms. The minimum Gasteiger partial charge on any atom is -0.354 e. The largest absolute Gasteiger partial charge is 0.354 e. The zero-order valence-electron chi connectivity index (χ0n) is 14.1. The molecule has 7 heteroatoms. The van der Waals surface area contributed by atoms with Gasteiger partial charge >= 0.3 is 0 Å². The van der Waals surface area contributed by atoms with Gasteiger partial charge < -0.3 is 10.2 Å². The zero-order chi connectivity index (χ0) is 17.7. The van der Waals surface area contributed by atoms with Gasteiger partial charge in [0.05, 0.1) is 17.9 Å². The van der Waals surface area contributed by atoms with E-state index in [0.29, 0.717) is 19.5 Å². The highest BCUT2D eigenvalue weighted by atomic mass is 32.2. The van der Waals surface area contributed by atoms with Gasteiger partial charge in [0.2, 0.25) is 11.8 Å². The van der Waals surface area contributed by atoms with Gasteiger partial charge in [-0.1, -0.05) is 29.8 Å². The van der Waals surface area contributed by atoms with Crippen LogP contribution in [0.1, 0.15) is 24.5 Å². The lowest BCUT2D eigenvalue weighted by Crippen LogP contribution is -2.44. The first-order valence-electron chi connectivity index (χ1n) is 8.07. The van der Waals surface area contributed by atoms with Crippen LogP contribution in [0.5, 0.6) is 0 Å². The second-order valence-electron chi connectivity index (χ2n) is 6.28. The summed E-state index contributed by atoms with van der Waals surface area (Å²) in [4.78, 5) is 25.3. The molecule has 0 bridgehead atoms. The Morgan fingerprint density at radius 1 is 1.25 bits per heavy atom. The summed E-state index contributed by atoms with van der Waals surface area (Å²) in [5.41, 5.74) is 2.08. The number of amides is 2. The number of benzene rings is 1. The maximum Gasteiger partial charge on any atom is 0.224 e. The molecule has 132 valence electrons. The van der Waals surface area contributed by atoms with E-state index >= 15 is 0 Å². The van der Waals surface area contributed by atoms with E-state index in [1.165, 1.54) is 6.92 Å². The van der Waals surface area contributed by atoms with E-state index in [2.05, 4.69) is 5.32 Å². The van der Waals surface area contributed by atoms with E-state index < -0.39 is 9.84 Å². The fourth-order valence-electron chi connectivity index (χ4n) is 2.89. The van der Waals surface area contributed by atoms with Crippen LogP contribution in [0, 0.1) is 6.92 Å². The van der Waals surface area contributed by atoms with E-state index in [1.54, 1.807) is 4.90 Å². The Hall–Kier alpha value is -1.89. The van der Waals surface area contributed by atoms with Gasteiger partial charge in [-0.05, 0) is 18.9 Å². The van der Waals surface area contributed by atoms with Crippen molar-refractivity contribution in [3.05, 3.63) is 35.4 Å². The third-order valence-electron chi connectivity index (χ3n) is 4.21. The van der Waals surface area contributed by atoms with E-state index in [9.17, 15) is 18.0 Å². The Labute approximate surface area is 143 Å². The van der Waals surface area contributed by atoms with Crippen LogP contribution in [0.3, 0.4) is 0 Å². The first kappa shape index (κ1) is 18.4. The summed E-state index contributed by atoms with van der Waals surface area (Å²) >= 11 is 0. The van der Waals surface area contributed by atoms with Gasteiger partial charge in [0, 0.05) is 26.1 Å². The van der Waals surface area contributed by atoms with E-state index in [1.807, 2.05) is 31.2 Å². The van der Waals surface area contributed by atoms with Crippen LogP contribution in [0.4, 0.5) is 0 Å². The number of rotatable bonds is 6.